The minimum absolute atomic E-state index is 0.0909. The maximum Gasteiger partial charge on any atom is 0.251 e. The van der Waals surface area contributed by atoms with E-state index in [2.05, 4.69) is 42.6 Å². The Hall–Kier alpha value is -4.63. The molecular weight excluding hydrogens is 558 g/mol. The molecule has 1 aliphatic carbocycles. The van der Waals surface area contributed by atoms with Gasteiger partial charge in [-0.25, -0.2) is 0 Å². The van der Waals surface area contributed by atoms with Crippen molar-refractivity contribution in [2.45, 2.75) is 70.4 Å². The maximum atomic E-state index is 13.1. The number of carbonyl (C=O) groups excluding carboxylic acids is 3. The quantitative estimate of drug-likeness (QED) is 0.275. The van der Waals surface area contributed by atoms with Crippen LogP contribution in [0.4, 0.5) is 0 Å². The zero-order valence-electron chi connectivity index (χ0n) is 25.4. The summed E-state index contributed by atoms with van der Waals surface area (Å²) in [5, 5.41) is 34.2. The van der Waals surface area contributed by atoms with Crippen LogP contribution in [0.5, 0.6) is 0 Å². The number of hydrogen-bond donors (Lipinski definition) is 4. The van der Waals surface area contributed by atoms with Crippen molar-refractivity contribution >= 4 is 17.7 Å². The number of tetrazole rings is 1. The highest BCUT2D eigenvalue weighted by molar-refractivity contribution is 5.95. The molecule has 1 saturated heterocycles. The Morgan fingerprint density at radius 2 is 1.66 bits per heavy atom. The molecule has 1 aliphatic heterocycles. The third-order valence-electron chi connectivity index (χ3n) is 8.66. The van der Waals surface area contributed by atoms with E-state index in [4.69, 9.17) is 0 Å². The molecule has 0 unspecified atom stereocenters. The first-order valence-corrected chi connectivity index (χ1v) is 15.3. The summed E-state index contributed by atoms with van der Waals surface area (Å²) < 4.78 is 0. The first-order valence-electron chi connectivity index (χ1n) is 15.3. The van der Waals surface area contributed by atoms with Gasteiger partial charge >= 0.3 is 0 Å². The molecule has 0 bridgehead atoms. The molecule has 12 nitrogen and oxygen atoms in total. The van der Waals surface area contributed by atoms with Gasteiger partial charge in [-0.2, -0.15) is 10.5 Å². The van der Waals surface area contributed by atoms with Gasteiger partial charge in [-0.3, -0.25) is 14.4 Å². The number of aryl methyl sites for hydroxylation is 2. The number of fused-ring (bicyclic) bond motifs is 2. The minimum Gasteiger partial charge on any atom is -0.352 e. The molecule has 12 heteroatoms. The standard InChI is InChI=1S/C32H39N9O3/c1-4-34-29(43)23-10-12-26-21(15-23)8-9-22-16-24(30(44)35-5-2)11-13-27(22)32(26,31-37-39-40-38-31)17-20(3)36-19-28(42)41-14-6-7-25(41)18-33/h10-13,15-16,20,25,36H,4-9,14,17,19H2,1-3H3,(H,34,43)(H,35,44)(H,37,38,39,40)/t20-,25-/m0/s1. The zero-order valence-corrected chi connectivity index (χ0v) is 25.4. The lowest BCUT2D eigenvalue weighted by Gasteiger charge is -2.36. The molecule has 44 heavy (non-hydrogen) atoms. The highest BCUT2D eigenvalue weighted by atomic mass is 16.2. The second-order valence-corrected chi connectivity index (χ2v) is 11.5. The van der Waals surface area contributed by atoms with Gasteiger partial charge in [-0.15, -0.1) is 10.2 Å². The van der Waals surface area contributed by atoms with Gasteiger partial charge in [-0.05, 0) is 99.4 Å². The molecule has 2 aliphatic rings. The monoisotopic (exact) mass is 597 g/mol. The van der Waals surface area contributed by atoms with Gasteiger partial charge in [0.25, 0.3) is 11.8 Å². The van der Waals surface area contributed by atoms with Crippen molar-refractivity contribution < 1.29 is 14.4 Å². The van der Waals surface area contributed by atoms with Gasteiger partial charge < -0.3 is 20.9 Å². The normalized spacial score (nSPS) is 17.5. The van der Waals surface area contributed by atoms with Crippen LogP contribution >= 0.6 is 0 Å². The van der Waals surface area contributed by atoms with E-state index in [1.54, 1.807) is 4.90 Å². The smallest absolute Gasteiger partial charge is 0.251 e. The van der Waals surface area contributed by atoms with Crippen LogP contribution in [-0.4, -0.2) is 81.5 Å². The molecular formula is C32H39N9O3. The van der Waals surface area contributed by atoms with Gasteiger partial charge in [-0.1, -0.05) is 17.3 Å². The average molecular weight is 598 g/mol. The number of nitriles is 1. The van der Waals surface area contributed by atoms with Crippen molar-refractivity contribution in [1.82, 2.24) is 41.5 Å². The van der Waals surface area contributed by atoms with E-state index in [9.17, 15) is 19.6 Å². The molecule has 4 N–H and O–H groups in total. The van der Waals surface area contributed by atoms with E-state index in [0.717, 1.165) is 28.7 Å². The molecule has 2 heterocycles. The Morgan fingerprint density at radius 3 is 2.18 bits per heavy atom. The van der Waals surface area contributed by atoms with Crippen molar-refractivity contribution in [2.75, 3.05) is 26.2 Å². The summed E-state index contributed by atoms with van der Waals surface area (Å²) in [6.07, 6.45) is 3.26. The Labute approximate surface area is 257 Å². The molecule has 3 amide bonds. The molecule has 1 fully saturated rings. The van der Waals surface area contributed by atoms with Gasteiger partial charge in [0.1, 0.15) is 6.04 Å². The van der Waals surface area contributed by atoms with Gasteiger partial charge in [0, 0.05) is 36.8 Å². The predicted molar refractivity (Wildman–Crippen MR) is 163 cm³/mol. The van der Waals surface area contributed by atoms with Crippen molar-refractivity contribution in [3.8, 4) is 6.07 Å². The molecule has 2 atom stereocenters. The fourth-order valence-electron chi connectivity index (χ4n) is 6.64. The number of nitrogens with zero attached hydrogens (tertiary/aromatic N) is 5. The summed E-state index contributed by atoms with van der Waals surface area (Å²) in [7, 11) is 0. The van der Waals surface area contributed by atoms with E-state index in [0.29, 0.717) is 62.3 Å². The van der Waals surface area contributed by atoms with Crippen LogP contribution in [0.2, 0.25) is 0 Å². The molecule has 230 valence electrons. The molecule has 0 spiro atoms. The fourth-order valence-corrected chi connectivity index (χ4v) is 6.64. The summed E-state index contributed by atoms with van der Waals surface area (Å²) >= 11 is 0. The topological polar surface area (TPSA) is 169 Å². The van der Waals surface area contributed by atoms with Crippen molar-refractivity contribution in [2.24, 2.45) is 0 Å². The minimum atomic E-state index is -0.911. The largest absolute Gasteiger partial charge is 0.352 e. The highest BCUT2D eigenvalue weighted by Crippen LogP contribution is 2.47. The number of hydrogen-bond acceptors (Lipinski definition) is 8. The summed E-state index contributed by atoms with van der Waals surface area (Å²) in [4.78, 5) is 40.4. The summed E-state index contributed by atoms with van der Waals surface area (Å²) in [6, 6.07) is 13.1. The van der Waals surface area contributed by atoms with Crippen LogP contribution in [0, 0.1) is 11.3 Å². The van der Waals surface area contributed by atoms with E-state index in [-0.39, 0.29) is 36.3 Å². The van der Waals surface area contributed by atoms with Crippen LogP contribution in [0.25, 0.3) is 0 Å². The third kappa shape index (κ3) is 5.92. The van der Waals surface area contributed by atoms with Gasteiger partial charge in [0.2, 0.25) is 5.91 Å². The molecule has 1 aromatic heterocycles. The molecule has 3 aromatic rings. The Kier molecular flexibility index (Phi) is 9.35. The summed E-state index contributed by atoms with van der Waals surface area (Å²) in [5.74, 6) is 0.0653. The molecule has 2 aromatic carbocycles. The van der Waals surface area contributed by atoms with Crippen LogP contribution in [0.15, 0.2) is 36.4 Å². The van der Waals surface area contributed by atoms with E-state index < -0.39 is 5.41 Å². The number of amides is 3. The lowest BCUT2D eigenvalue weighted by molar-refractivity contribution is -0.130. The predicted octanol–water partition coefficient (Wildman–Crippen LogP) is 2.01. The number of nitrogens with one attached hydrogen (secondary N) is 4. The Bertz CT molecular complexity index is 1490. The first-order chi connectivity index (χ1) is 21.3. The number of benzene rings is 2. The van der Waals surface area contributed by atoms with Crippen LogP contribution in [-0.2, 0) is 23.1 Å². The zero-order chi connectivity index (χ0) is 31.3. The second-order valence-electron chi connectivity index (χ2n) is 11.5. The van der Waals surface area contributed by atoms with Crippen molar-refractivity contribution in [1.29, 1.82) is 5.26 Å². The summed E-state index contributed by atoms with van der Waals surface area (Å²) in [5.41, 5.74) is 4.07. The second kappa shape index (κ2) is 13.3. The number of likely N-dealkylation sites (tertiary alicyclic amines) is 1. The first kappa shape index (κ1) is 30.8. The van der Waals surface area contributed by atoms with E-state index in [1.807, 2.05) is 57.2 Å². The SMILES string of the molecule is CCNC(=O)c1ccc2c(c1)CCc1cc(C(=O)NCC)ccc1C2(C[C@H](C)NCC(=O)N1CCC[C@H]1C#N)c1nn[nH]n1. The van der Waals surface area contributed by atoms with E-state index in [1.165, 1.54) is 0 Å². The molecule has 0 saturated carbocycles. The average Bonchev–Trinajstić information content (AvgIpc) is 3.73. The van der Waals surface area contributed by atoms with Gasteiger partial charge in [0.15, 0.2) is 5.82 Å². The summed E-state index contributed by atoms with van der Waals surface area (Å²) in [6.45, 7) is 7.49. The number of H-pyrrole nitrogens is 1. The molecule has 0 radical (unpaired) electrons. The maximum absolute atomic E-state index is 13.1. The number of aromatic nitrogens is 4. The Balaban J connectivity index is 1.58. The van der Waals surface area contributed by atoms with Crippen molar-refractivity contribution in [3.63, 3.8) is 0 Å². The van der Waals surface area contributed by atoms with Gasteiger partial charge in [0.05, 0.1) is 18.0 Å². The molecule has 5 rings (SSSR count). The highest BCUT2D eigenvalue weighted by Gasteiger charge is 2.46. The van der Waals surface area contributed by atoms with Crippen molar-refractivity contribution in [3.05, 3.63) is 75.6 Å². The number of aromatic amines is 1. The van der Waals surface area contributed by atoms with Crippen LogP contribution in [0.1, 0.15) is 88.8 Å². The lowest BCUT2D eigenvalue weighted by atomic mass is 9.67. The van der Waals surface area contributed by atoms with Crippen LogP contribution in [0.3, 0.4) is 0 Å². The fraction of sp³-hybridized carbons (Fsp3) is 0.469. The Morgan fingerprint density at radius 1 is 1.05 bits per heavy atom. The lowest BCUT2D eigenvalue weighted by Crippen LogP contribution is -2.45. The van der Waals surface area contributed by atoms with E-state index >= 15 is 0 Å². The third-order valence-corrected chi connectivity index (χ3v) is 8.66. The number of carbonyl (C=O) groups is 3. The number of rotatable bonds is 10. The van der Waals surface area contributed by atoms with Crippen LogP contribution < -0.4 is 16.0 Å².